The van der Waals surface area contributed by atoms with Crippen LogP contribution in [0.25, 0.3) is 21.7 Å². The predicted octanol–water partition coefficient (Wildman–Crippen LogP) is 3.05. The molecule has 0 saturated carbocycles. The third-order valence-electron chi connectivity index (χ3n) is 4.35. The lowest BCUT2D eigenvalue weighted by Crippen LogP contribution is -2.31. The van der Waals surface area contributed by atoms with Crippen LogP contribution in [-0.2, 0) is 9.47 Å². The summed E-state index contributed by atoms with van der Waals surface area (Å²) < 4.78 is 21.6. The van der Waals surface area contributed by atoms with Gasteiger partial charge in [0.15, 0.2) is 11.3 Å². The molecule has 26 heavy (non-hydrogen) atoms. The van der Waals surface area contributed by atoms with Crippen molar-refractivity contribution in [2.75, 3.05) is 52.5 Å². The predicted molar refractivity (Wildman–Crippen MR) is 103 cm³/mol. The van der Waals surface area contributed by atoms with Crippen molar-refractivity contribution in [2.45, 2.75) is 0 Å². The molecule has 3 rings (SSSR count). The first kappa shape index (κ1) is 18.2. The zero-order chi connectivity index (χ0) is 18.5. The van der Waals surface area contributed by atoms with Gasteiger partial charge < -0.3 is 23.5 Å². The first-order valence-electron chi connectivity index (χ1n) is 8.45. The molecule has 0 saturated heterocycles. The Kier molecular flexibility index (Phi) is 5.75. The van der Waals surface area contributed by atoms with Gasteiger partial charge in [-0.25, -0.2) is 0 Å². The van der Waals surface area contributed by atoms with E-state index in [-0.39, 0.29) is 5.43 Å². The molecule has 0 unspecified atom stereocenters. The standard InChI is InChI=1S/C20H23NO5/c1-23-10-8-21(9-11-24-2)19-13-17(22)20-16-6-5-15(25-3)12-14(16)4-7-18(20)26-19/h4-7,12-13H,8-11H2,1-3H3. The summed E-state index contributed by atoms with van der Waals surface area (Å²) in [4.78, 5) is 14.8. The molecule has 0 aliphatic carbocycles. The molecular weight excluding hydrogens is 334 g/mol. The van der Waals surface area contributed by atoms with E-state index >= 15 is 0 Å². The van der Waals surface area contributed by atoms with Crippen LogP contribution in [0.3, 0.4) is 0 Å². The number of benzene rings is 2. The monoisotopic (exact) mass is 357 g/mol. The van der Waals surface area contributed by atoms with Crippen LogP contribution in [0.1, 0.15) is 0 Å². The first-order chi connectivity index (χ1) is 12.7. The van der Waals surface area contributed by atoms with Crippen LogP contribution >= 0.6 is 0 Å². The number of hydrogen-bond acceptors (Lipinski definition) is 6. The first-order valence-corrected chi connectivity index (χ1v) is 8.45. The van der Waals surface area contributed by atoms with Gasteiger partial charge in [-0.15, -0.1) is 0 Å². The smallest absolute Gasteiger partial charge is 0.200 e. The highest BCUT2D eigenvalue weighted by Crippen LogP contribution is 2.28. The van der Waals surface area contributed by atoms with Crippen LogP contribution in [0.5, 0.6) is 5.75 Å². The summed E-state index contributed by atoms with van der Waals surface area (Å²) in [6, 6.07) is 10.9. The molecule has 3 aromatic rings. The van der Waals surface area contributed by atoms with Crippen LogP contribution < -0.4 is 15.1 Å². The van der Waals surface area contributed by atoms with Crippen LogP contribution in [0.15, 0.2) is 45.6 Å². The van der Waals surface area contributed by atoms with Gasteiger partial charge in [0.05, 0.1) is 25.7 Å². The number of rotatable bonds is 8. The lowest BCUT2D eigenvalue weighted by atomic mass is 10.1. The second kappa shape index (κ2) is 8.21. The summed E-state index contributed by atoms with van der Waals surface area (Å²) in [6.45, 7) is 2.28. The average molecular weight is 357 g/mol. The molecule has 0 N–H and O–H groups in total. The molecule has 1 heterocycles. The lowest BCUT2D eigenvalue weighted by Gasteiger charge is -2.22. The Morgan fingerprint density at radius 3 is 2.35 bits per heavy atom. The summed E-state index contributed by atoms with van der Waals surface area (Å²) in [5, 5.41) is 2.36. The van der Waals surface area contributed by atoms with Gasteiger partial charge in [-0.2, -0.15) is 0 Å². The van der Waals surface area contributed by atoms with Gasteiger partial charge in [-0.3, -0.25) is 4.79 Å². The van der Waals surface area contributed by atoms with Gasteiger partial charge in [-0.1, -0.05) is 6.07 Å². The molecule has 2 aromatic carbocycles. The van der Waals surface area contributed by atoms with Gasteiger partial charge in [-0.05, 0) is 35.0 Å². The van der Waals surface area contributed by atoms with Crippen LogP contribution in [-0.4, -0.2) is 47.6 Å². The van der Waals surface area contributed by atoms with Gasteiger partial charge in [0.2, 0.25) is 0 Å². The number of hydrogen-bond donors (Lipinski definition) is 0. The van der Waals surface area contributed by atoms with Crippen LogP contribution in [0, 0.1) is 0 Å². The van der Waals surface area contributed by atoms with E-state index in [2.05, 4.69) is 0 Å². The molecule has 0 radical (unpaired) electrons. The minimum Gasteiger partial charge on any atom is -0.497 e. The summed E-state index contributed by atoms with van der Waals surface area (Å²) in [5.41, 5.74) is 0.488. The molecule has 0 fully saturated rings. The Bertz CT molecular complexity index is 942. The molecule has 138 valence electrons. The summed E-state index contributed by atoms with van der Waals surface area (Å²) >= 11 is 0. The fraction of sp³-hybridized carbons (Fsp3) is 0.350. The molecular formula is C20H23NO5. The summed E-state index contributed by atoms with van der Waals surface area (Å²) in [6.07, 6.45) is 0. The highest BCUT2D eigenvalue weighted by Gasteiger charge is 2.14. The summed E-state index contributed by atoms with van der Waals surface area (Å²) in [7, 11) is 4.91. The van der Waals surface area contributed by atoms with Crippen molar-refractivity contribution in [1.82, 2.24) is 0 Å². The molecule has 0 atom stereocenters. The molecule has 0 bridgehead atoms. The molecule has 6 heteroatoms. The third kappa shape index (κ3) is 3.66. The molecule has 1 aromatic heterocycles. The third-order valence-corrected chi connectivity index (χ3v) is 4.35. The maximum atomic E-state index is 12.8. The molecule has 0 aliphatic rings. The summed E-state index contributed by atoms with van der Waals surface area (Å²) in [5.74, 6) is 1.27. The number of anilines is 1. The van der Waals surface area contributed by atoms with E-state index in [1.165, 1.54) is 6.07 Å². The highest BCUT2D eigenvalue weighted by molar-refractivity contribution is 6.05. The minimum absolute atomic E-state index is 0.0724. The van der Waals surface area contributed by atoms with Crippen molar-refractivity contribution >= 4 is 27.6 Å². The van der Waals surface area contributed by atoms with Crippen molar-refractivity contribution in [2.24, 2.45) is 0 Å². The highest BCUT2D eigenvalue weighted by atomic mass is 16.5. The Morgan fingerprint density at radius 2 is 1.69 bits per heavy atom. The largest absolute Gasteiger partial charge is 0.497 e. The van der Waals surface area contributed by atoms with E-state index < -0.39 is 0 Å². The Balaban J connectivity index is 2.09. The maximum Gasteiger partial charge on any atom is 0.200 e. The zero-order valence-corrected chi connectivity index (χ0v) is 15.3. The van der Waals surface area contributed by atoms with Crippen molar-refractivity contribution in [1.29, 1.82) is 0 Å². The van der Waals surface area contributed by atoms with E-state index in [0.29, 0.717) is 43.2 Å². The van der Waals surface area contributed by atoms with E-state index in [1.807, 2.05) is 35.2 Å². The van der Waals surface area contributed by atoms with Gasteiger partial charge in [0, 0.05) is 33.4 Å². The fourth-order valence-electron chi connectivity index (χ4n) is 2.97. The van der Waals surface area contributed by atoms with E-state index in [1.54, 1.807) is 21.3 Å². The Labute approximate surface area is 151 Å². The minimum atomic E-state index is -0.0724. The van der Waals surface area contributed by atoms with Gasteiger partial charge in [0.1, 0.15) is 11.3 Å². The average Bonchev–Trinajstić information content (AvgIpc) is 2.67. The molecule has 6 nitrogen and oxygen atoms in total. The quantitative estimate of drug-likeness (QED) is 0.578. The molecule has 0 aliphatic heterocycles. The molecule has 0 amide bonds. The number of methoxy groups -OCH3 is 3. The van der Waals surface area contributed by atoms with Crippen molar-refractivity contribution in [3.63, 3.8) is 0 Å². The van der Waals surface area contributed by atoms with Crippen LogP contribution in [0.4, 0.5) is 5.88 Å². The number of fused-ring (bicyclic) bond motifs is 3. The van der Waals surface area contributed by atoms with Crippen molar-refractivity contribution in [3.8, 4) is 5.75 Å². The van der Waals surface area contributed by atoms with Crippen molar-refractivity contribution in [3.05, 3.63) is 46.6 Å². The Morgan fingerprint density at radius 1 is 0.962 bits per heavy atom. The zero-order valence-electron chi connectivity index (χ0n) is 15.3. The van der Waals surface area contributed by atoms with Crippen molar-refractivity contribution < 1.29 is 18.6 Å². The second-order valence-electron chi connectivity index (χ2n) is 5.95. The second-order valence-corrected chi connectivity index (χ2v) is 5.95. The lowest BCUT2D eigenvalue weighted by molar-refractivity contribution is 0.188. The maximum absolute atomic E-state index is 12.8. The molecule has 0 spiro atoms. The SMILES string of the molecule is COCCN(CCOC)c1cc(=O)c2c(ccc3cc(OC)ccc32)o1. The van der Waals surface area contributed by atoms with Crippen LogP contribution in [0.2, 0.25) is 0 Å². The number of ether oxygens (including phenoxy) is 3. The number of nitrogens with zero attached hydrogens (tertiary/aromatic N) is 1. The normalized spacial score (nSPS) is 11.2. The van der Waals surface area contributed by atoms with E-state index in [4.69, 9.17) is 18.6 Å². The topological polar surface area (TPSA) is 61.1 Å². The van der Waals surface area contributed by atoms with Gasteiger partial charge >= 0.3 is 0 Å². The van der Waals surface area contributed by atoms with E-state index in [9.17, 15) is 4.79 Å². The fourth-order valence-corrected chi connectivity index (χ4v) is 2.97. The van der Waals surface area contributed by atoms with Gasteiger partial charge in [0.25, 0.3) is 0 Å². The van der Waals surface area contributed by atoms with E-state index in [0.717, 1.165) is 16.5 Å². The Hall–Kier alpha value is -2.57.